The molecule has 2 atom stereocenters. The van der Waals surface area contributed by atoms with Crippen molar-refractivity contribution in [2.45, 2.75) is 88.3 Å². The molecule has 1 aliphatic carbocycles. The highest BCUT2D eigenvalue weighted by molar-refractivity contribution is 7.89. The maximum atomic E-state index is 13.6. The zero-order chi connectivity index (χ0) is 31.8. The van der Waals surface area contributed by atoms with Crippen molar-refractivity contribution < 1.29 is 27.4 Å². The highest BCUT2D eigenvalue weighted by Gasteiger charge is 2.34. The maximum absolute atomic E-state index is 13.6. The van der Waals surface area contributed by atoms with E-state index in [1.54, 1.807) is 33.1 Å². The van der Waals surface area contributed by atoms with Crippen LogP contribution in [0, 0.1) is 19.8 Å². The number of amides is 1. The van der Waals surface area contributed by atoms with Crippen LogP contribution in [0.1, 0.15) is 61.6 Å². The molecular weight excluding hydrogens is 590 g/mol. The van der Waals surface area contributed by atoms with Crippen LogP contribution in [0.3, 0.4) is 0 Å². The zero-order valence-corrected chi connectivity index (χ0v) is 28.0. The molecule has 2 saturated heterocycles. The third-order valence-corrected chi connectivity index (χ3v) is 12.0. The van der Waals surface area contributed by atoms with Crippen molar-refractivity contribution in [3.8, 4) is 5.75 Å². The van der Waals surface area contributed by atoms with Crippen molar-refractivity contribution in [1.29, 1.82) is 0 Å². The molecule has 2 aliphatic heterocycles. The number of aryl methyl sites for hydroxylation is 3. The third kappa shape index (κ3) is 8.86. The number of hydrogen-bond acceptors (Lipinski definition) is 7. The number of carbonyl (C=O) groups excluding carboxylic acids is 1. The van der Waals surface area contributed by atoms with Crippen molar-refractivity contribution >= 4 is 15.9 Å². The van der Waals surface area contributed by atoms with Crippen LogP contribution in [-0.4, -0.2) is 94.8 Å². The lowest BCUT2D eigenvalue weighted by molar-refractivity contribution is -0.129. The van der Waals surface area contributed by atoms with Gasteiger partial charge in [-0.1, -0.05) is 30.3 Å². The fourth-order valence-corrected chi connectivity index (χ4v) is 9.44. The summed E-state index contributed by atoms with van der Waals surface area (Å²) in [6.07, 6.45) is 7.48. The van der Waals surface area contributed by atoms with Crippen molar-refractivity contribution in [2.24, 2.45) is 5.92 Å². The summed E-state index contributed by atoms with van der Waals surface area (Å²) in [5, 5.41) is 3.21. The largest absolute Gasteiger partial charge is 0.497 e. The summed E-state index contributed by atoms with van der Waals surface area (Å²) < 4.78 is 45.7. The van der Waals surface area contributed by atoms with E-state index in [1.807, 2.05) is 0 Å². The van der Waals surface area contributed by atoms with Crippen LogP contribution in [0.4, 0.5) is 0 Å². The van der Waals surface area contributed by atoms with E-state index in [2.05, 4.69) is 40.5 Å². The predicted octanol–water partition coefficient (Wildman–Crippen LogP) is 4.49. The second-order valence-corrected chi connectivity index (χ2v) is 14.8. The Bertz CT molecular complexity index is 1330. The number of carbonyl (C=O) groups is 1. The molecule has 0 bridgehead atoms. The van der Waals surface area contributed by atoms with Gasteiger partial charge in [-0.3, -0.25) is 9.69 Å². The Morgan fingerprint density at radius 1 is 1.00 bits per heavy atom. The summed E-state index contributed by atoms with van der Waals surface area (Å²) in [6, 6.07) is 14.9. The number of nitrogens with zero attached hydrogens (tertiary/aromatic N) is 2. The smallest absolute Gasteiger partial charge is 0.246 e. The summed E-state index contributed by atoms with van der Waals surface area (Å²) in [5.74, 6) is 1.14. The first-order valence-corrected chi connectivity index (χ1v) is 18.1. The quantitative estimate of drug-likeness (QED) is 0.365. The SMILES string of the molecule is COc1cc(C)c(S(=O)(=O)N2CCCC(OCC(=O)NC3CCC(C(CCc4ccccc4)N4CCOCC4)CC3)C2)c(C)c1. The average molecular weight is 642 g/mol. The molecule has 5 rings (SSSR count). The van der Waals surface area contributed by atoms with E-state index in [0.717, 1.165) is 71.2 Å². The second kappa shape index (κ2) is 15.9. The molecule has 1 N–H and O–H groups in total. The summed E-state index contributed by atoms with van der Waals surface area (Å²) in [6.45, 7) is 7.83. The van der Waals surface area contributed by atoms with Gasteiger partial charge in [-0.25, -0.2) is 8.42 Å². The first kappa shape index (κ1) is 33.9. The number of rotatable bonds is 12. The standard InChI is InChI=1S/C35H51N3O6S/c1-26-22-32(42-3)23-27(2)35(26)45(40,41)38-17-7-10-31(24-38)44-25-34(39)36-30-14-12-29(13-15-30)33(37-18-20-43-21-19-37)16-11-28-8-5-4-6-9-28/h4-6,8-9,22-23,29-31,33H,7,10-21,24-25H2,1-3H3,(H,36,39). The van der Waals surface area contributed by atoms with Crippen LogP contribution < -0.4 is 10.1 Å². The lowest BCUT2D eigenvalue weighted by Crippen LogP contribution is -2.49. The van der Waals surface area contributed by atoms with E-state index in [9.17, 15) is 13.2 Å². The number of ether oxygens (including phenoxy) is 3. The number of nitrogens with one attached hydrogen (secondary N) is 1. The summed E-state index contributed by atoms with van der Waals surface area (Å²) >= 11 is 0. The molecule has 1 amide bonds. The molecule has 2 unspecified atom stereocenters. The Morgan fingerprint density at radius 3 is 2.36 bits per heavy atom. The molecule has 9 nitrogen and oxygen atoms in total. The number of hydrogen-bond donors (Lipinski definition) is 1. The molecule has 10 heteroatoms. The van der Waals surface area contributed by atoms with Crippen molar-refractivity contribution in [3.05, 3.63) is 59.2 Å². The molecule has 0 radical (unpaired) electrons. The normalized spacial score (nSPS) is 24.2. The van der Waals surface area contributed by atoms with E-state index in [4.69, 9.17) is 14.2 Å². The number of morpholine rings is 1. The summed E-state index contributed by atoms with van der Waals surface area (Å²) in [5.41, 5.74) is 2.72. The van der Waals surface area contributed by atoms with Gasteiger partial charge in [0, 0.05) is 38.3 Å². The fraction of sp³-hybridized carbons (Fsp3) is 0.629. The lowest BCUT2D eigenvalue weighted by Gasteiger charge is -2.42. The topological polar surface area (TPSA) is 97.4 Å². The van der Waals surface area contributed by atoms with Crippen LogP contribution in [0.15, 0.2) is 47.4 Å². The minimum atomic E-state index is -3.70. The second-order valence-electron chi connectivity index (χ2n) is 12.9. The molecular formula is C35H51N3O6S. The molecule has 1 saturated carbocycles. The van der Waals surface area contributed by atoms with Crippen LogP contribution in [0.25, 0.3) is 0 Å². The highest BCUT2D eigenvalue weighted by Crippen LogP contribution is 2.33. The number of methoxy groups -OCH3 is 1. The van der Waals surface area contributed by atoms with Gasteiger partial charge in [-0.2, -0.15) is 4.31 Å². The highest BCUT2D eigenvalue weighted by atomic mass is 32.2. The van der Waals surface area contributed by atoms with Crippen LogP contribution in [-0.2, 0) is 30.7 Å². The van der Waals surface area contributed by atoms with E-state index in [-0.39, 0.29) is 31.2 Å². The van der Waals surface area contributed by atoms with E-state index in [1.165, 1.54) is 9.87 Å². The van der Waals surface area contributed by atoms with Gasteiger partial charge in [-0.15, -0.1) is 0 Å². The van der Waals surface area contributed by atoms with Gasteiger partial charge >= 0.3 is 0 Å². The Kier molecular flexibility index (Phi) is 11.9. The van der Waals surface area contributed by atoms with Crippen LogP contribution in [0.5, 0.6) is 5.75 Å². The average Bonchev–Trinajstić information content (AvgIpc) is 3.05. The molecule has 2 heterocycles. The van der Waals surface area contributed by atoms with Gasteiger partial charge in [0.1, 0.15) is 12.4 Å². The summed E-state index contributed by atoms with van der Waals surface area (Å²) in [4.78, 5) is 15.9. The Labute approximate surface area is 269 Å². The molecule has 0 spiro atoms. The Balaban J connectivity index is 1.09. The molecule has 3 fully saturated rings. The van der Waals surface area contributed by atoms with Crippen LogP contribution >= 0.6 is 0 Å². The number of sulfonamides is 1. The van der Waals surface area contributed by atoms with Gasteiger partial charge in [0.25, 0.3) is 0 Å². The monoisotopic (exact) mass is 641 g/mol. The lowest BCUT2D eigenvalue weighted by atomic mass is 9.79. The summed E-state index contributed by atoms with van der Waals surface area (Å²) in [7, 11) is -2.12. The maximum Gasteiger partial charge on any atom is 0.246 e. The van der Waals surface area contributed by atoms with E-state index >= 15 is 0 Å². The van der Waals surface area contributed by atoms with Crippen LogP contribution in [0.2, 0.25) is 0 Å². The molecule has 3 aliphatic rings. The van der Waals surface area contributed by atoms with E-state index in [0.29, 0.717) is 46.7 Å². The fourth-order valence-electron chi connectivity index (χ4n) is 7.52. The van der Waals surface area contributed by atoms with Crippen molar-refractivity contribution in [2.75, 3.05) is 53.1 Å². The number of benzene rings is 2. The van der Waals surface area contributed by atoms with E-state index < -0.39 is 10.0 Å². The van der Waals surface area contributed by atoms with Gasteiger partial charge in [0.05, 0.1) is 31.3 Å². The van der Waals surface area contributed by atoms with Gasteiger partial charge in [0.2, 0.25) is 15.9 Å². The molecule has 2 aromatic carbocycles. The number of piperidine rings is 1. The third-order valence-electron chi connectivity index (χ3n) is 9.83. The minimum absolute atomic E-state index is 0.0491. The zero-order valence-electron chi connectivity index (χ0n) is 27.2. The Morgan fingerprint density at radius 2 is 1.69 bits per heavy atom. The molecule has 0 aromatic heterocycles. The Hall–Kier alpha value is -2.50. The molecule has 248 valence electrons. The molecule has 45 heavy (non-hydrogen) atoms. The first-order valence-electron chi connectivity index (χ1n) is 16.7. The van der Waals surface area contributed by atoms with Gasteiger partial charge < -0.3 is 19.5 Å². The minimum Gasteiger partial charge on any atom is -0.497 e. The van der Waals surface area contributed by atoms with Gasteiger partial charge in [-0.05, 0) is 100.0 Å². The molecule has 2 aromatic rings. The van der Waals surface area contributed by atoms with Crippen molar-refractivity contribution in [1.82, 2.24) is 14.5 Å². The predicted molar refractivity (Wildman–Crippen MR) is 175 cm³/mol. The van der Waals surface area contributed by atoms with Gasteiger partial charge in [0.15, 0.2) is 0 Å². The van der Waals surface area contributed by atoms with Crippen molar-refractivity contribution in [3.63, 3.8) is 0 Å². The first-order chi connectivity index (χ1) is 21.7.